The minimum atomic E-state index is -3.65. The number of aryl methyl sites for hydroxylation is 2. The van der Waals surface area contributed by atoms with Crippen LogP contribution in [0.4, 0.5) is 0 Å². The van der Waals surface area contributed by atoms with Gasteiger partial charge in [-0.05, 0) is 55.5 Å². The molecule has 1 N–H and O–H groups in total. The van der Waals surface area contributed by atoms with Gasteiger partial charge in [0.2, 0.25) is 0 Å². The Labute approximate surface area is 198 Å². The fraction of sp³-hybridized carbons (Fsp3) is 0.348. The fourth-order valence-corrected chi connectivity index (χ4v) is 5.88. The van der Waals surface area contributed by atoms with Crippen LogP contribution >= 0.6 is 11.6 Å². The number of carbonyl (C=O) groups excluding carboxylic acids is 1. The number of hydrogen-bond donors (Lipinski definition) is 1. The molecule has 1 fully saturated rings. The van der Waals surface area contributed by atoms with E-state index in [2.05, 4.69) is 15.3 Å². The smallest absolute Gasteiger partial charge is 0.262 e. The molecular weight excluding hydrogens is 462 g/mol. The molecule has 10 heteroatoms. The number of amides is 1. The number of aromatic nitrogens is 3. The number of nitrogens with zero attached hydrogens (tertiary/aromatic N) is 4. The van der Waals surface area contributed by atoms with Crippen LogP contribution in [0.3, 0.4) is 0 Å². The van der Waals surface area contributed by atoms with Gasteiger partial charge in [-0.1, -0.05) is 23.7 Å². The zero-order valence-electron chi connectivity index (χ0n) is 18.5. The quantitative estimate of drug-likeness (QED) is 0.575. The zero-order chi connectivity index (χ0) is 23.6. The third-order valence-corrected chi connectivity index (χ3v) is 8.01. The SMILES string of the molecule is Cc1ccc(C(=O)NC(c2ccccn2)C2CCN(S(=O)(=O)c3cn(C)cn3)CC2)c(Cl)c1. The summed E-state index contributed by atoms with van der Waals surface area (Å²) in [6, 6.07) is 10.5. The second-order valence-electron chi connectivity index (χ2n) is 8.31. The zero-order valence-corrected chi connectivity index (χ0v) is 20.1. The van der Waals surface area contributed by atoms with E-state index < -0.39 is 10.0 Å². The molecule has 1 unspecified atom stereocenters. The van der Waals surface area contributed by atoms with Crippen LogP contribution in [0.15, 0.2) is 60.1 Å². The van der Waals surface area contributed by atoms with E-state index in [4.69, 9.17) is 11.6 Å². The molecule has 8 nitrogen and oxygen atoms in total. The highest BCUT2D eigenvalue weighted by Gasteiger charge is 2.35. The maximum Gasteiger partial charge on any atom is 0.262 e. The molecule has 1 aromatic carbocycles. The van der Waals surface area contributed by atoms with E-state index in [9.17, 15) is 13.2 Å². The number of hydrogen-bond acceptors (Lipinski definition) is 5. The highest BCUT2D eigenvalue weighted by atomic mass is 35.5. The first-order valence-corrected chi connectivity index (χ1v) is 12.5. The highest BCUT2D eigenvalue weighted by molar-refractivity contribution is 7.89. The van der Waals surface area contributed by atoms with Crippen LogP contribution in [-0.4, -0.2) is 46.3 Å². The molecule has 1 aliphatic heterocycles. The molecule has 33 heavy (non-hydrogen) atoms. The molecule has 0 radical (unpaired) electrons. The van der Waals surface area contributed by atoms with Gasteiger partial charge in [0.25, 0.3) is 15.9 Å². The maximum atomic E-state index is 13.1. The summed E-state index contributed by atoms with van der Waals surface area (Å²) < 4.78 is 28.9. The molecule has 1 amide bonds. The Morgan fingerprint density at radius 2 is 1.94 bits per heavy atom. The van der Waals surface area contributed by atoms with Crippen LogP contribution in [0.5, 0.6) is 0 Å². The second-order valence-corrected chi connectivity index (χ2v) is 10.6. The summed E-state index contributed by atoms with van der Waals surface area (Å²) in [4.78, 5) is 21.5. The maximum absolute atomic E-state index is 13.1. The molecule has 4 rings (SSSR count). The molecule has 3 aromatic rings. The van der Waals surface area contributed by atoms with Gasteiger partial charge in [-0.25, -0.2) is 13.4 Å². The summed E-state index contributed by atoms with van der Waals surface area (Å²) in [6.45, 7) is 2.60. The lowest BCUT2D eigenvalue weighted by atomic mass is 9.87. The summed E-state index contributed by atoms with van der Waals surface area (Å²) in [7, 11) is -1.91. The van der Waals surface area contributed by atoms with Gasteiger partial charge in [-0.3, -0.25) is 9.78 Å². The Bertz CT molecular complexity index is 1240. The minimum Gasteiger partial charge on any atom is -0.343 e. The number of rotatable bonds is 6. The monoisotopic (exact) mass is 487 g/mol. The van der Waals surface area contributed by atoms with Crippen molar-refractivity contribution in [2.75, 3.05) is 13.1 Å². The third kappa shape index (κ3) is 5.10. The van der Waals surface area contributed by atoms with E-state index in [1.54, 1.807) is 29.9 Å². The van der Waals surface area contributed by atoms with Crippen molar-refractivity contribution in [3.8, 4) is 0 Å². The molecule has 2 aromatic heterocycles. The van der Waals surface area contributed by atoms with Gasteiger partial charge in [0.1, 0.15) is 0 Å². The molecule has 0 aliphatic carbocycles. The molecule has 3 heterocycles. The molecule has 1 saturated heterocycles. The molecule has 1 atom stereocenters. The van der Waals surface area contributed by atoms with Gasteiger partial charge in [-0.2, -0.15) is 4.31 Å². The molecule has 174 valence electrons. The van der Waals surface area contributed by atoms with E-state index in [-0.39, 0.29) is 22.9 Å². The lowest BCUT2D eigenvalue weighted by Gasteiger charge is -2.35. The van der Waals surface area contributed by atoms with Crippen LogP contribution in [0, 0.1) is 12.8 Å². The summed E-state index contributed by atoms with van der Waals surface area (Å²) in [5, 5.41) is 3.54. The van der Waals surface area contributed by atoms with Crippen LogP contribution in [0.25, 0.3) is 0 Å². The van der Waals surface area contributed by atoms with Crippen molar-refractivity contribution in [2.45, 2.75) is 30.8 Å². The van der Waals surface area contributed by atoms with Gasteiger partial charge in [-0.15, -0.1) is 0 Å². The third-order valence-electron chi connectivity index (χ3n) is 5.92. The van der Waals surface area contributed by atoms with Gasteiger partial charge in [0, 0.05) is 32.5 Å². The van der Waals surface area contributed by atoms with Crippen molar-refractivity contribution in [3.63, 3.8) is 0 Å². The van der Waals surface area contributed by atoms with E-state index in [1.807, 2.05) is 31.2 Å². The van der Waals surface area contributed by atoms with Crippen molar-refractivity contribution in [1.29, 1.82) is 0 Å². The van der Waals surface area contributed by atoms with Crippen molar-refractivity contribution < 1.29 is 13.2 Å². The Kier molecular flexibility index (Phi) is 6.83. The van der Waals surface area contributed by atoms with Gasteiger partial charge in [0.15, 0.2) is 5.03 Å². The number of imidazole rings is 1. The first-order chi connectivity index (χ1) is 15.8. The Hall–Kier alpha value is -2.75. The Morgan fingerprint density at radius 3 is 2.55 bits per heavy atom. The summed E-state index contributed by atoms with van der Waals surface area (Å²) >= 11 is 6.31. The molecule has 0 bridgehead atoms. The summed E-state index contributed by atoms with van der Waals surface area (Å²) in [6.07, 6.45) is 5.82. The topological polar surface area (TPSA) is 97.2 Å². The molecule has 1 aliphatic rings. The Morgan fingerprint density at radius 1 is 1.18 bits per heavy atom. The van der Waals surface area contributed by atoms with Crippen LogP contribution in [-0.2, 0) is 17.1 Å². The van der Waals surface area contributed by atoms with Crippen molar-refractivity contribution in [1.82, 2.24) is 24.2 Å². The predicted molar refractivity (Wildman–Crippen MR) is 125 cm³/mol. The van der Waals surface area contributed by atoms with E-state index in [0.717, 1.165) is 11.3 Å². The Balaban J connectivity index is 1.52. The van der Waals surface area contributed by atoms with E-state index in [0.29, 0.717) is 36.5 Å². The van der Waals surface area contributed by atoms with Crippen LogP contribution in [0.1, 0.15) is 40.5 Å². The number of piperidine rings is 1. The fourth-order valence-electron chi connectivity index (χ4n) is 4.12. The normalized spacial score (nSPS) is 16.5. The average molecular weight is 488 g/mol. The minimum absolute atomic E-state index is 0.0169. The van der Waals surface area contributed by atoms with Crippen LogP contribution in [0.2, 0.25) is 5.02 Å². The highest BCUT2D eigenvalue weighted by Crippen LogP contribution is 2.32. The first kappa shape index (κ1) is 23.4. The number of carbonyl (C=O) groups is 1. The van der Waals surface area contributed by atoms with E-state index >= 15 is 0 Å². The van der Waals surface area contributed by atoms with Crippen molar-refractivity contribution in [3.05, 3.63) is 77.0 Å². The number of nitrogens with one attached hydrogen (secondary N) is 1. The van der Waals surface area contributed by atoms with Gasteiger partial charge in [0.05, 0.1) is 28.6 Å². The average Bonchev–Trinajstić information content (AvgIpc) is 3.25. The van der Waals surface area contributed by atoms with Crippen LogP contribution < -0.4 is 5.32 Å². The standard InChI is InChI=1S/C23H26ClN5O3S/c1-16-6-7-18(19(24)13-16)23(30)27-22(20-5-3-4-10-25-20)17-8-11-29(12-9-17)33(31,32)21-14-28(2)15-26-21/h3-7,10,13-15,17,22H,8-9,11-12H2,1-2H3,(H,27,30). The second kappa shape index (κ2) is 9.62. The van der Waals surface area contributed by atoms with Gasteiger partial charge >= 0.3 is 0 Å². The lowest BCUT2D eigenvalue weighted by Crippen LogP contribution is -2.43. The lowest BCUT2D eigenvalue weighted by molar-refractivity contribution is 0.0906. The number of sulfonamides is 1. The van der Waals surface area contributed by atoms with Crippen molar-refractivity contribution in [2.24, 2.45) is 13.0 Å². The first-order valence-electron chi connectivity index (χ1n) is 10.7. The number of benzene rings is 1. The molecule has 0 spiro atoms. The predicted octanol–water partition coefficient (Wildman–Crippen LogP) is 3.35. The van der Waals surface area contributed by atoms with Gasteiger partial charge < -0.3 is 9.88 Å². The number of pyridine rings is 1. The summed E-state index contributed by atoms with van der Waals surface area (Å²) in [5.74, 6) is -0.262. The molecule has 0 saturated carbocycles. The van der Waals surface area contributed by atoms with Crippen molar-refractivity contribution >= 4 is 27.5 Å². The number of halogens is 1. The summed E-state index contributed by atoms with van der Waals surface area (Å²) in [5.41, 5.74) is 2.11. The van der Waals surface area contributed by atoms with E-state index in [1.165, 1.54) is 16.8 Å². The largest absolute Gasteiger partial charge is 0.343 e. The molecular formula is C23H26ClN5O3S.